The second-order valence-electron chi connectivity index (χ2n) is 2.43. The summed E-state index contributed by atoms with van der Waals surface area (Å²) in [7, 11) is 0.639. The molecular formula is C7H16O3Si2. The molecule has 0 aliphatic carbocycles. The minimum absolute atomic E-state index is 0.230. The Morgan fingerprint density at radius 3 is 2.92 bits per heavy atom. The molecule has 0 saturated heterocycles. The van der Waals surface area contributed by atoms with Crippen LogP contribution in [-0.4, -0.2) is 32.8 Å². The molecule has 0 rings (SSSR count). The van der Waals surface area contributed by atoms with E-state index in [0.29, 0.717) is 6.61 Å². The minimum atomic E-state index is -0.327. The summed E-state index contributed by atoms with van der Waals surface area (Å²) in [6, 6.07) is 1.19. The van der Waals surface area contributed by atoms with Crippen molar-refractivity contribution in [3.63, 3.8) is 0 Å². The number of esters is 1. The van der Waals surface area contributed by atoms with Crippen LogP contribution in [0.5, 0.6) is 0 Å². The van der Waals surface area contributed by atoms with Crippen molar-refractivity contribution in [2.75, 3.05) is 6.61 Å². The highest BCUT2D eigenvalue weighted by Gasteiger charge is 1.94. The van der Waals surface area contributed by atoms with Gasteiger partial charge in [-0.05, 0) is 12.5 Å². The summed E-state index contributed by atoms with van der Waals surface area (Å²) in [5, 5.41) is 0. The van der Waals surface area contributed by atoms with Crippen LogP contribution in [0.25, 0.3) is 0 Å². The molecule has 3 nitrogen and oxygen atoms in total. The third kappa shape index (κ3) is 7.71. The third-order valence-electron chi connectivity index (χ3n) is 1.40. The molecule has 0 spiro atoms. The zero-order valence-electron chi connectivity index (χ0n) is 7.54. The molecule has 12 heavy (non-hydrogen) atoms. The SMILES string of the molecule is C=CC(=O)OCCCC[SiH2]O[SiH3]. The molecule has 0 N–H and O–H groups in total. The van der Waals surface area contributed by atoms with E-state index in [0.717, 1.165) is 23.3 Å². The van der Waals surface area contributed by atoms with Crippen LogP contribution in [0.4, 0.5) is 0 Å². The Morgan fingerprint density at radius 1 is 1.58 bits per heavy atom. The Bertz CT molecular complexity index is 139. The smallest absolute Gasteiger partial charge is 0.330 e. The number of hydrogen-bond donors (Lipinski definition) is 0. The maximum absolute atomic E-state index is 10.5. The monoisotopic (exact) mass is 204 g/mol. The van der Waals surface area contributed by atoms with Crippen LogP contribution in [0, 0.1) is 0 Å². The molecule has 0 aliphatic heterocycles. The summed E-state index contributed by atoms with van der Waals surface area (Å²) < 4.78 is 9.94. The topological polar surface area (TPSA) is 35.5 Å². The van der Waals surface area contributed by atoms with Gasteiger partial charge < -0.3 is 8.85 Å². The van der Waals surface area contributed by atoms with E-state index in [4.69, 9.17) is 8.85 Å². The fraction of sp³-hybridized carbons (Fsp3) is 0.571. The van der Waals surface area contributed by atoms with Gasteiger partial charge in [0, 0.05) is 6.08 Å². The van der Waals surface area contributed by atoms with Crippen LogP contribution in [0.3, 0.4) is 0 Å². The number of unbranched alkanes of at least 4 members (excludes halogenated alkanes) is 1. The lowest BCUT2D eigenvalue weighted by Crippen LogP contribution is -2.02. The minimum Gasteiger partial charge on any atom is -0.468 e. The first-order valence-corrected chi connectivity index (χ1v) is 6.48. The van der Waals surface area contributed by atoms with Crippen LogP contribution < -0.4 is 0 Å². The number of rotatable bonds is 7. The lowest BCUT2D eigenvalue weighted by atomic mass is 10.4. The molecule has 70 valence electrons. The zero-order valence-corrected chi connectivity index (χ0v) is 11.0. The maximum Gasteiger partial charge on any atom is 0.330 e. The van der Waals surface area contributed by atoms with Gasteiger partial charge in [0.2, 0.25) is 0 Å². The molecule has 0 fully saturated rings. The van der Waals surface area contributed by atoms with Crippen LogP contribution in [0.1, 0.15) is 12.8 Å². The molecule has 0 saturated carbocycles. The summed E-state index contributed by atoms with van der Waals surface area (Å²) in [6.07, 6.45) is 3.24. The van der Waals surface area contributed by atoms with Gasteiger partial charge in [0.25, 0.3) is 0 Å². The van der Waals surface area contributed by atoms with Crippen molar-refractivity contribution in [3.05, 3.63) is 12.7 Å². The molecule has 0 aromatic carbocycles. The standard InChI is InChI=1S/C7H16O3Si2/c1-2-7(8)9-5-3-4-6-12-10-11/h2H,1,3-6,12H2,11H3. The quantitative estimate of drug-likeness (QED) is 0.238. The van der Waals surface area contributed by atoms with Gasteiger partial charge in [0.05, 0.1) is 6.61 Å². The zero-order chi connectivity index (χ0) is 9.23. The van der Waals surface area contributed by atoms with E-state index in [1.165, 1.54) is 12.1 Å². The molecule has 0 heterocycles. The van der Waals surface area contributed by atoms with Gasteiger partial charge in [0.1, 0.15) is 20.2 Å². The normalized spacial score (nSPS) is 10.7. The van der Waals surface area contributed by atoms with Gasteiger partial charge in [-0.25, -0.2) is 4.79 Å². The lowest BCUT2D eigenvalue weighted by Gasteiger charge is -2.00. The highest BCUT2D eigenvalue weighted by molar-refractivity contribution is 6.34. The molecule has 5 heteroatoms. The number of carbonyl (C=O) groups is 1. The van der Waals surface area contributed by atoms with Crippen molar-refractivity contribution in [1.82, 2.24) is 0 Å². The number of carbonyl (C=O) groups excluding carboxylic acids is 1. The predicted molar refractivity (Wildman–Crippen MR) is 54.8 cm³/mol. The summed E-state index contributed by atoms with van der Waals surface area (Å²) in [6.45, 7) is 3.82. The van der Waals surface area contributed by atoms with E-state index in [9.17, 15) is 4.79 Å². The molecule has 0 aromatic rings. The van der Waals surface area contributed by atoms with Crippen molar-refractivity contribution in [1.29, 1.82) is 0 Å². The van der Waals surface area contributed by atoms with Crippen LogP contribution in [0.15, 0.2) is 12.7 Å². The van der Waals surface area contributed by atoms with Gasteiger partial charge in [-0.15, -0.1) is 0 Å². The largest absolute Gasteiger partial charge is 0.468 e. The molecule has 0 bridgehead atoms. The van der Waals surface area contributed by atoms with E-state index < -0.39 is 0 Å². The Hall–Kier alpha value is -0.396. The van der Waals surface area contributed by atoms with Crippen molar-refractivity contribution in [2.45, 2.75) is 18.9 Å². The Balaban J connectivity index is 3.00. The lowest BCUT2D eigenvalue weighted by molar-refractivity contribution is -0.137. The van der Waals surface area contributed by atoms with Crippen LogP contribution >= 0.6 is 0 Å². The molecule has 0 amide bonds. The van der Waals surface area contributed by atoms with Crippen molar-refractivity contribution in [3.8, 4) is 0 Å². The summed E-state index contributed by atoms with van der Waals surface area (Å²) >= 11 is 0. The first-order chi connectivity index (χ1) is 5.81. The van der Waals surface area contributed by atoms with Gasteiger partial charge in [0.15, 0.2) is 0 Å². The average molecular weight is 204 g/mol. The fourth-order valence-corrected chi connectivity index (χ4v) is 2.47. The number of ether oxygens (including phenoxy) is 1. The van der Waals surface area contributed by atoms with Crippen molar-refractivity contribution >= 4 is 26.2 Å². The first kappa shape index (κ1) is 11.6. The first-order valence-electron chi connectivity index (χ1n) is 4.09. The maximum atomic E-state index is 10.5. The van der Waals surface area contributed by atoms with Gasteiger partial charge >= 0.3 is 5.97 Å². The van der Waals surface area contributed by atoms with Gasteiger partial charge in [-0.1, -0.05) is 13.0 Å². The van der Waals surface area contributed by atoms with Gasteiger partial charge in [-0.3, -0.25) is 0 Å². The van der Waals surface area contributed by atoms with Crippen molar-refractivity contribution in [2.24, 2.45) is 0 Å². The van der Waals surface area contributed by atoms with E-state index in [-0.39, 0.29) is 15.7 Å². The van der Waals surface area contributed by atoms with E-state index in [2.05, 4.69) is 6.58 Å². The average Bonchev–Trinajstić information content (AvgIpc) is 2.10. The van der Waals surface area contributed by atoms with E-state index >= 15 is 0 Å². The summed E-state index contributed by atoms with van der Waals surface area (Å²) in [5.74, 6) is -0.327. The molecule has 0 radical (unpaired) electrons. The molecular weight excluding hydrogens is 188 g/mol. The summed E-state index contributed by atoms with van der Waals surface area (Å²) in [5.41, 5.74) is 0. The van der Waals surface area contributed by atoms with Crippen LogP contribution in [0.2, 0.25) is 6.04 Å². The second kappa shape index (κ2) is 8.70. The molecule has 0 atom stereocenters. The highest BCUT2D eigenvalue weighted by Crippen LogP contribution is 1.96. The molecule has 0 aliphatic rings. The number of hydrogen-bond acceptors (Lipinski definition) is 3. The highest BCUT2D eigenvalue weighted by atomic mass is 28.3. The van der Waals surface area contributed by atoms with Gasteiger partial charge in [-0.2, -0.15) is 0 Å². The van der Waals surface area contributed by atoms with Crippen molar-refractivity contribution < 1.29 is 13.6 Å². The second-order valence-corrected chi connectivity index (χ2v) is 5.85. The Kier molecular flexibility index (Phi) is 8.41. The summed E-state index contributed by atoms with van der Waals surface area (Å²) in [4.78, 5) is 10.5. The third-order valence-corrected chi connectivity index (χ3v) is 3.83. The molecule has 0 aromatic heterocycles. The van der Waals surface area contributed by atoms with Crippen LogP contribution in [-0.2, 0) is 13.6 Å². The molecule has 0 unspecified atom stereocenters. The van der Waals surface area contributed by atoms with E-state index in [1.54, 1.807) is 0 Å². The predicted octanol–water partition coefficient (Wildman–Crippen LogP) is -0.705. The fourth-order valence-electron chi connectivity index (χ4n) is 0.757. The Labute approximate surface area is 78.6 Å². The van der Waals surface area contributed by atoms with E-state index in [1.807, 2.05) is 0 Å². The Morgan fingerprint density at radius 2 is 2.33 bits per heavy atom.